The van der Waals surface area contributed by atoms with Gasteiger partial charge in [-0.1, -0.05) is 6.07 Å². The van der Waals surface area contributed by atoms with E-state index in [9.17, 15) is 25.6 Å². The second-order valence-corrected chi connectivity index (χ2v) is 17.1. The number of anilines is 5. The maximum absolute atomic E-state index is 15.4. The number of rotatable bonds is 12. The maximum atomic E-state index is 15.4. The molecular weight excluding hydrogens is 765 g/mol. The van der Waals surface area contributed by atoms with Gasteiger partial charge in [0.15, 0.2) is 10.7 Å². The van der Waals surface area contributed by atoms with Gasteiger partial charge in [0, 0.05) is 69.5 Å². The van der Waals surface area contributed by atoms with Crippen molar-refractivity contribution in [2.75, 3.05) is 77.7 Å². The van der Waals surface area contributed by atoms with Crippen LogP contribution in [-0.2, 0) is 19.9 Å². The molecule has 0 amide bonds. The van der Waals surface area contributed by atoms with Crippen LogP contribution in [0.15, 0.2) is 76.2 Å². The van der Waals surface area contributed by atoms with Crippen LogP contribution in [0.4, 0.5) is 46.6 Å². The Balaban J connectivity index is 1.14. The zero-order chi connectivity index (χ0) is 38.9. The SMILES string of the molecule is CS(=O)(=O)CCN1CCN(c2ccc(Nc3nccc(-c4oc(N5CCCC5)nc4-c4ccc(F)c(NS(=O)(=O)c5c(F)cccc5F)c4)n3)cc2F)CC1. The Bertz CT molecular complexity index is 2420. The zero-order valence-corrected chi connectivity index (χ0v) is 31.1. The minimum atomic E-state index is -4.89. The van der Waals surface area contributed by atoms with Gasteiger partial charge in [0.1, 0.15) is 44.5 Å². The highest BCUT2D eigenvalue weighted by molar-refractivity contribution is 7.92. The Kier molecular flexibility index (Phi) is 10.7. The summed E-state index contributed by atoms with van der Waals surface area (Å²) in [5, 5.41) is 3.01. The second-order valence-electron chi connectivity index (χ2n) is 13.2. The fourth-order valence-corrected chi connectivity index (χ4v) is 8.22. The van der Waals surface area contributed by atoms with Crippen LogP contribution in [-0.4, -0.2) is 94.5 Å². The maximum Gasteiger partial charge on any atom is 0.298 e. The number of nitrogens with zero attached hydrogens (tertiary/aromatic N) is 6. The minimum Gasteiger partial charge on any atom is -0.421 e. The number of nitrogens with one attached hydrogen (secondary N) is 2. The molecule has 55 heavy (non-hydrogen) atoms. The molecule has 13 nitrogen and oxygen atoms in total. The molecule has 2 fully saturated rings. The van der Waals surface area contributed by atoms with Gasteiger partial charge in [-0.15, -0.1) is 0 Å². The van der Waals surface area contributed by atoms with E-state index in [0.29, 0.717) is 57.2 Å². The molecule has 4 heterocycles. The average molecular weight is 801 g/mol. The highest BCUT2D eigenvalue weighted by Crippen LogP contribution is 2.38. The molecule has 2 aliphatic heterocycles. The van der Waals surface area contributed by atoms with Gasteiger partial charge in [-0.25, -0.2) is 44.4 Å². The molecule has 2 aromatic heterocycles. The van der Waals surface area contributed by atoms with Crippen molar-refractivity contribution in [3.8, 4) is 22.7 Å². The first-order chi connectivity index (χ1) is 26.2. The molecule has 290 valence electrons. The highest BCUT2D eigenvalue weighted by Gasteiger charge is 2.28. The van der Waals surface area contributed by atoms with Crippen molar-refractivity contribution in [1.29, 1.82) is 0 Å². The summed E-state index contributed by atoms with van der Waals surface area (Å²) in [7, 11) is -7.97. The monoisotopic (exact) mass is 800 g/mol. The quantitative estimate of drug-likeness (QED) is 0.150. The lowest BCUT2D eigenvalue weighted by Gasteiger charge is -2.36. The first kappa shape index (κ1) is 38.0. The molecule has 5 aromatic rings. The van der Waals surface area contributed by atoms with Crippen molar-refractivity contribution in [2.24, 2.45) is 0 Å². The van der Waals surface area contributed by atoms with Gasteiger partial charge in [-0.3, -0.25) is 9.62 Å². The lowest BCUT2D eigenvalue weighted by Crippen LogP contribution is -2.47. The lowest BCUT2D eigenvalue weighted by molar-refractivity contribution is 0.271. The fraction of sp³-hybridized carbons (Fsp3) is 0.306. The summed E-state index contributed by atoms with van der Waals surface area (Å²) in [4.78, 5) is 18.1. The van der Waals surface area contributed by atoms with Crippen molar-refractivity contribution in [2.45, 2.75) is 17.7 Å². The normalized spacial score (nSPS) is 15.4. The molecule has 0 aliphatic carbocycles. The van der Waals surface area contributed by atoms with E-state index >= 15 is 8.78 Å². The van der Waals surface area contributed by atoms with Gasteiger partial charge >= 0.3 is 0 Å². The van der Waals surface area contributed by atoms with Crippen LogP contribution in [0.2, 0.25) is 0 Å². The zero-order valence-electron chi connectivity index (χ0n) is 29.5. The minimum absolute atomic E-state index is 0.0706. The van der Waals surface area contributed by atoms with Gasteiger partial charge in [-0.05, 0) is 67.4 Å². The number of hydrogen-bond acceptors (Lipinski definition) is 12. The molecule has 0 bridgehead atoms. The molecule has 19 heteroatoms. The second kappa shape index (κ2) is 15.5. The molecule has 0 radical (unpaired) electrons. The molecule has 7 rings (SSSR count). The average Bonchev–Trinajstić information content (AvgIpc) is 3.83. The number of halogens is 4. The topological polar surface area (TPSA) is 154 Å². The smallest absolute Gasteiger partial charge is 0.298 e. The largest absolute Gasteiger partial charge is 0.421 e. The molecule has 3 aromatic carbocycles. The number of hydrogen-bond donors (Lipinski definition) is 2. The summed E-state index contributed by atoms with van der Waals surface area (Å²) in [6.45, 7) is 4.02. The van der Waals surface area contributed by atoms with Gasteiger partial charge in [0.2, 0.25) is 5.95 Å². The molecule has 0 atom stereocenters. The number of sulfonamides is 1. The van der Waals surface area contributed by atoms with Crippen molar-refractivity contribution in [3.05, 3.63) is 90.1 Å². The molecular formula is C36H36F4N8O5S2. The van der Waals surface area contributed by atoms with E-state index in [1.807, 2.05) is 19.4 Å². The van der Waals surface area contributed by atoms with Crippen molar-refractivity contribution >= 4 is 48.9 Å². The third-order valence-electron chi connectivity index (χ3n) is 9.25. The van der Waals surface area contributed by atoms with Crippen LogP contribution in [0, 0.1) is 23.3 Å². The predicted molar refractivity (Wildman–Crippen MR) is 200 cm³/mol. The fourth-order valence-electron chi connectivity index (χ4n) is 6.43. The van der Waals surface area contributed by atoms with E-state index in [-0.39, 0.29) is 40.4 Å². The standard InChI is InChI=1S/C36H36F4N8O5S2/c1-54(49,50)20-19-46-15-17-47(18-16-46)31-10-8-24(22-28(31)40)42-35-41-12-11-29(43-35)33-32(44-36(53-33)48-13-2-3-14-48)23-7-9-25(37)30(21-23)45-55(51,52)34-26(38)5-4-6-27(34)39/h4-12,21-22,45H,2-3,13-20H2,1H3,(H,41,42,43). The summed E-state index contributed by atoms with van der Waals surface area (Å²) in [6, 6.07) is 12.5. The summed E-state index contributed by atoms with van der Waals surface area (Å²) in [6.07, 6.45) is 4.46. The number of sulfone groups is 1. The van der Waals surface area contributed by atoms with E-state index in [4.69, 9.17) is 4.42 Å². The Hall–Kier alpha value is -5.27. The van der Waals surface area contributed by atoms with Gasteiger partial charge < -0.3 is 19.5 Å². The van der Waals surface area contributed by atoms with E-state index in [1.165, 1.54) is 24.6 Å². The number of benzene rings is 3. The molecule has 2 aliphatic rings. The summed E-state index contributed by atoms with van der Waals surface area (Å²) < 4.78 is 117. The molecule has 0 spiro atoms. The van der Waals surface area contributed by atoms with E-state index in [0.717, 1.165) is 43.2 Å². The van der Waals surface area contributed by atoms with Crippen molar-refractivity contribution < 1.29 is 38.8 Å². The predicted octanol–water partition coefficient (Wildman–Crippen LogP) is 5.67. The Morgan fingerprint density at radius 2 is 1.51 bits per heavy atom. The Morgan fingerprint density at radius 3 is 2.20 bits per heavy atom. The summed E-state index contributed by atoms with van der Waals surface area (Å²) in [5.41, 5.74) is 0.818. The van der Waals surface area contributed by atoms with Crippen LogP contribution >= 0.6 is 0 Å². The van der Waals surface area contributed by atoms with Gasteiger partial charge in [0.25, 0.3) is 16.0 Å². The third-order valence-corrected chi connectivity index (χ3v) is 11.6. The van der Waals surface area contributed by atoms with Crippen LogP contribution in [0.25, 0.3) is 22.7 Å². The molecule has 2 saturated heterocycles. The number of aromatic nitrogens is 3. The Labute approximate surface area is 315 Å². The third kappa shape index (κ3) is 8.68. The van der Waals surface area contributed by atoms with E-state index in [2.05, 4.69) is 20.3 Å². The molecule has 0 unspecified atom stereocenters. The molecule has 0 saturated carbocycles. The summed E-state index contributed by atoms with van der Waals surface area (Å²) >= 11 is 0. The summed E-state index contributed by atoms with van der Waals surface area (Å²) in [5.74, 6) is -3.86. The van der Waals surface area contributed by atoms with Crippen molar-refractivity contribution in [1.82, 2.24) is 19.9 Å². The lowest BCUT2D eigenvalue weighted by atomic mass is 10.1. The van der Waals surface area contributed by atoms with Crippen LogP contribution < -0.4 is 19.8 Å². The van der Waals surface area contributed by atoms with Crippen LogP contribution in [0.3, 0.4) is 0 Å². The van der Waals surface area contributed by atoms with Crippen molar-refractivity contribution in [3.63, 3.8) is 0 Å². The first-order valence-electron chi connectivity index (χ1n) is 17.3. The first-order valence-corrected chi connectivity index (χ1v) is 20.9. The van der Waals surface area contributed by atoms with Crippen LogP contribution in [0.1, 0.15) is 12.8 Å². The van der Waals surface area contributed by atoms with E-state index < -0.39 is 53.7 Å². The molecule has 2 N–H and O–H groups in total. The van der Waals surface area contributed by atoms with Gasteiger partial charge in [0.05, 0.1) is 17.1 Å². The highest BCUT2D eigenvalue weighted by atomic mass is 32.2. The Morgan fingerprint density at radius 1 is 0.782 bits per heavy atom. The number of oxazole rings is 1. The van der Waals surface area contributed by atoms with Gasteiger partial charge in [-0.2, -0.15) is 4.98 Å². The van der Waals surface area contributed by atoms with E-state index in [1.54, 1.807) is 18.2 Å². The number of piperazine rings is 1. The van der Waals surface area contributed by atoms with Crippen LogP contribution in [0.5, 0.6) is 0 Å².